The number of rotatable bonds is 5. The van der Waals surface area contributed by atoms with Crippen molar-refractivity contribution in [1.29, 1.82) is 0 Å². The van der Waals surface area contributed by atoms with Gasteiger partial charge in [0.1, 0.15) is 5.82 Å². The highest BCUT2D eigenvalue weighted by Crippen LogP contribution is 2.30. The molecule has 3 aromatic rings. The number of hydrogen-bond acceptors (Lipinski definition) is 6. The molecular formula is C22H20F4N4O3S. The van der Waals surface area contributed by atoms with E-state index in [0.29, 0.717) is 17.3 Å². The van der Waals surface area contributed by atoms with Crippen LogP contribution < -0.4 is 5.32 Å². The smallest absolute Gasteiger partial charge is 0.390 e. The van der Waals surface area contributed by atoms with Gasteiger partial charge in [0.2, 0.25) is 16.0 Å². The Morgan fingerprint density at radius 1 is 0.971 bits per heavy atom. The minimum absolute atomic E-state index is 0.0364. The molecule has 0 amide bonds. The van der Waals surface area contributed by atoms with Gasteiger partial charge in [0.05, 0.1) is 22.6 Å². The largest absolute Gasteiger partial charge is 0.417 e. The average Bonchev–Trinajstić information content (AvgIpc) is 2.81. The molecule has 0 aliphatic carbocycles. The summed E-state index contributed by atoms with van der Waals surface area (Å²) in [6, 6.07) is 10.2. The Morgan fingerprint density at radius 2 is 1.68 bits per heavy atom. The number of aliphatic hydroxyl groups excluding tert-OH is 1. The normalized spacial score (nSPS) is 19.7. The lowest BCUT2D eigenvalue weighted by molar-refractivity contribution is -0.137. The predicted octanol–water partition coefficient (Wildman–Crippen LogP) is 3.54. The van der Waals surface area contributed by atoms with Gasteiger partial charge in [-0.05, 0) is 48.4 Å². The number of aromatic nitrogens is 2. The van der Waals surface area contributed by atoms with Crippen LogP contribution in [0.15, 0.2) is 65.8 Å². The number of sulfonamides is 1. The lowest BCUT2D eigenvalue weighted by atomic mass is 10.0. The monoisotopic (exact) mass is 496 g/mol. The van der Waals surface area contributed by atoms with Crippen LogP contribution in [0.1, 0.15) is 12.0 Å². The Morgan fingerprint density at radius 3 is 2.24 bits per heavy atom. The fourth-order valence-corrected chi connectivity index (χ4v) is 5.11. The molecule has 1 saturated heterocycles. The van der Waals surface area contributed by atoms with Gasteiger partial charge in [-0.3, -0.25) is 0 Å². The summed E-state index contributed by atoms with van der Waals surface area (Å²) in [6.45, 7) is -0.0917. The van der Waals surface area contributed by atoms with Crippen molar-refractivity contribution in [3.8, 4) is 11.1 Å². The number of anilines is 1. The number of pyridine rings is 2. The molecule has 4 rings (SSSR count). The highest BCUT2D eigenvalue weighted by Gasteiger charge is 2.35. The fraction of sp³-hybridized carbons (Fsp3) is 0.273. The van der Waals surface area contributed by atoms with Crippen LogP contribution >= 0.6 is 0 Å². The maximum Gasteiger partial charge on any atom is 0.417 e. The van der Waals surface area contributed by atoms with Crippen molar-refractivity contribution in [2.45, 2.75) is 29.6 Å². The summed E-state index contributed by atoms with van der Waals surface area (Å²) in [6.07, 6.45) is -3.34. The first kappa shape index (κ1) is 24.0. The minimum atomic E-state index is -4.50. The standard InChI is InChI=1S/C22H20F4N4O3S/c23-20-7-3-15(11-27-20)14-1-5-17(6-2-14)34(32,33)30-10-9-18(19(31)13-30)29-21-8-4-16(12-28-21)22(24,25)26/h1-8,11-12,18-19,31H,9-10,13H2,(H,28,29)/t18-,19+/m1/s1. The number of β-amino-alcohol motifs (C(OH)–C–C–N with tert-alkyl or cyclic N) is 1. The summed E-state index contributed by atoms with van der Waals surface area (Å²) in [5.74, 6) is -0.465. The van der Waals surface area contributed by atoms with Gasteiger partial charge in [-0.25, -0.2) is 18.4 Å². The second kappa shape index (κ2) is 9.28. The van der Waals surface area contributed by atoms with E-state index in [0.717, 1.165) is 16.4 Å². The first-order valence-electron chi connectivity index (χ1n) is 10.2. The average molecular weight is 496 g/mol. The van der Waals surface area contributed by atoms with Crippen molar-refractivity contribution in [3.63, 3.8) is 0 Å². The van der Waals surface area contributed by atoms with Crippen LogP contribution in [0.3, 0.4) is 0 Å². The number of aliphatic hydroxyl groups is 1. The lowest BCUT2D eigenvalue weighted by Crippen LogP contribution is -2.51. The van der Waals surface area contributed by atoms with E-state index in [9.17, 15) is 31.1 Å². The van der Waals surface area contributed by atoms with Crippen LogP contribution in [0.25, 0.3) is 11.1 Å². The van der Waals surface area contributed by atoms with Crippen LogP contribution in [0, 0.1) is 5.95 Å². The van der Waals surface area contributed by atoms with Crippen LogP contribution in [-0.2, 0) is 16.2 Å². The molecule has 1 fully saturated rings. The molecule has 0 radical (unpaired) electrons. The predicted molar refractivity (Wildman–Crippen MR) is 116 cm³/mol. The van der Waals surface area contributed by atoms with E-state index >= 15 is 0 Å². The van der Waals surface area contributed by atoms with E-state index in [1.165, 1.54) is 30.5 Å². The Kier molecular flexibility index (Phi) is 6.56. The summed E-state index contributed by atoms with van der Waals surface area (Å²) in [5.41, 5.74) is 0.407. The topological polar surface area (TPSA) is 95.4 Å². The third kappa shape index (κ3) is 5.18. The van der Waals surface area contributed by atoms with Crippen LogP contribution in [-0.4, -0.2) is 53.0 Å². The minimum Gasteiger partial charge on any atom is -0.390 e. The summed E-state index contributed by atoms with van der Waals surface area (Å²) in [4.78, 5) is 7.34. The van der Waals surface area contributed by atoms with E-state index in [2.05, 4.69) is 15.3 Å². The third-order valence-corrected chi connectivity index (χ3v) is 7.40. The molecule has 1 aliphatic rings. The van der Waals surface area contributed by atoms with Gasteiger partial charge in [-0.1, -0.05) is 12.1 Å². The Hall–Kier alpha value is -3.09. The van der Waals surface area contributed by atoms with Crippen LogP contribution in [0.4, 0.5) is 23.4 Å². The summed E-state index contributed by atoms with van der Waals surface area (Å²) >= 11 is 0. The summed E-state index contributed by atoms with van der Waals surface area (Å²) < 4.78 is 78.3. The van der Waals surface area contributed by atoms with Gasteiger partial charge in [0.15, 0.2) is 0 Å². The van der Waals surface area contributed by atoms with Gasteiger partial charge < -0.3 is 10.4 Å². The van der Waals surface area contributed by atoms with Crippen LogP contribution in [0.2, 0.25) is 0 Å². The molecule has 2 N–H and O–H groups in total. The summed E-state index contributed by atoms with van der Waals surface area (Å²) in [7, 11) is -3.89. The molecule has 7 nitrogen and oxygen atoms in total. The van der Waals surface area contributed by atoms with E-state index in [-0.39, 0.29) is 30.2 Å². The van der Waals surface area contributed by atoms with E-state index < -0.39 is 39.9 Å². The van der Waals surface area contributed by atoms with E-state index in [4.69, 9.17) is 0 Å². The van der Waals surface area contributed by atoms with Gasteiger partial charge >= 0.3 is 6.18 Å². The number of piperidine rings is 1. The zero-order chi connectivity index (χ0) is 24.5. The molecular weight excluding hydrogens is 476 g/mol. The molecule has 1 aliphatic heterocycles. The van der Waals surface area contributed by atoms with Crippen molar-refractivity contribution in [3.05, 3.63) is 72.4 Å². The maximum absolute atomic E-state index is 13.0. The number of nitrogens with zero attached hydrogens (tertiary/aromatic N) is 3. The van der Waals surface area contributed by atoms with Gasteiger partial charge in [0, 0.05) is 31.0 Å². The molecule has 180 valence electrons. The molecule has 0 saturated carbocycles. The molecule has 0 spiro atoms. The number of nitrogens with one attached hydrogen (secondary N) is 1. The first-order valence-corrected chi connectivity index (χ1v) is 11.7. The molecule has 0 unspecified atom stereocenters. The number of hydrogen-bond donors (Lipinski definition) is 2. The molecule has 0 bridgehead atoms. The SMILES string of the molecule is O=S(=O)(c1ccc(-c2ccc(F)nc2)cc1)N1CC[C@@H](Nc2ccc(C(F)(F)F)cn2)[C@@H](O)C1. The first-order chi connectivity index (χ1) is 16.0. The van der Waals surface area contributed by atoms with E-state index in [1.807, 2.05) is 0 Å². The van der Waals surface area contributed by atoms with E-state index in [1.54, 1.807) is 12.1 Å². The van der Waals surface area contributed by atoms with Crippen molar-refractivity contribution < 1.29 is 31.1 Å². The van der Waals surface area contributed by atoms with Crippen molar-refractivity contribution in [2.75, 3.05) is 18.4 Å². The molecule has 1 aromatic carbocycles. The third-order valence-electron chi connectivity index (χ3n) is 5.52. The highest BCUT2D eigenvalue weighted by molar-refractivity contribution is 7.89. The van der Waals surface area contributed by atoms with Crippen molar-refractivity contribution in [1.82, 2.24) is 14.3 Å². The lowest BCUT2D eigenvalue weighted by Gasteiger charge is -2.35. The zero-order valence-corrected chi connectivity index (χ0v) is 18.4. The summed E-state index contributed by atoms with van der Waals surface area (Å²) in [5, 5.41) is 13.4. The second-order valence-corrected chi connectivity index (χ2v) is 9.73. The van der Waals surface area contributed by atoms with Gasteiger partial charge in [0.25, 0.3) is 0 Å². The fourth-order valence-electron chi connectivity index (χ4n) is 3.64. The molecule has 34 heavy (non-hydrogen) atoms. The molecule has 2 atom stereocenters. The molecule has 3 heterocycles. The van der Waals surface area contributed by atoms with Crippen LogP contribution in [0.5, 0.6) is 0 Å². The second-order valence-electron chi connectivity index (χ2n) is 7.79. The zero-order valence-electron chi connectivity index (χ0n) is 17.6. The number of halogens is 4. The molecule has 12 heteroatoms. The highest BCUT2D eigenvalue weighted by atomic mass is 32.2. The van der Waals surface area contributed by atoms with Crippen molar-refractivity contribution in [2.24, 2.45) is 0 Å². The van der Waals surface area contributed by atoms with Gasteiger partial charge in [-0.2, -0.15) is 21.9 Å². The number of alkyl halides is 3. The Balaban J connectivity index is 1.41. The number of benzene rings is 1. The Labute approximate surface area is 193 Å². The molecule has 2 aromatic heterocycles. The Bertz CT molecular complexity index is 1240. The quantitative estimate of drug-likeness (QED) is 0.415. The van der Waals surface area contributed by atoms with Gasteiger partial charge in [-0.15, -0.1) is 0 Å². The maximum atomic E-state index is 13.0. The van der Waals surface area contributed by atoms with Crippen molar-refractivity contribution >= 4 is 15.8 Å².